The number of hydrogen-bond donors (Lipinski definition) is 1. The van der Waals surface area contributed by atoms with Gasteiger partial charge in [-0.3, -0.25) is 4.68 Å². The summed E-state index contributed by atoms with van der Waals surface area (Å²) in [4.78, 5) is 1.37. The quantitative estimate of drug-likeness (QED) is 0.827. The lowest BCUT2D eigenvalue weighted by Crippen LogP contribution is -2.22. The Hall–Kier alpha value is -0.650. The fourth-order valence-electron chi connectivity index (χ4n) is 2.16. The van der Waals surface area contributed by atoms with Gasteiger partial charge in [0.1, 0.15) is 0 Å². The fourth-order valence-corrected chi connectivity index (χ4v) is 3.80. The average molecular weight is 356 g/mol. The molecule has 1 unspecified atom stereocenters. The van der Waals surface area contributed by atoms with Crippen molar-refractivity contribution >= 4 is 27.3 Å². The maximum absolute atomic E-state index is 4.66. The second-order valence-corrected chi connectivity index (χ2v) is 7.70. The van der Waals surface area contributed by atoms with E-state index in [1.807, 2.05) is 16.0 Å². The Labute approximate surface area is 133 Å². The predicted molar refractivity (Wildman–Crippen MR) is 89.5 cm³/mol. The van der Waals surface area contributed by atoms with Gasteiger partial charge in [0.15, 0.2) is 0 Å². The summed E-state index contributed by atoms with van der Waals surface area (Å²) < 4.78 is 3.25. The highest BCUT2D eigenvalue weighted by molar-refractivity contribution is 9.11. The summed E-state index contributed by atoms with van der Waals surface area (Å²) in [6.07, 6.45) is 3.00. The van der Waals surface area contributed by atoms with Crippen molar-refractivity contribution in [3.8, 4) is 0 Å². The molecule has 0 aromatic carbocycles. The molecule has 0 saturated carbocycles. The third-order valence-electron chi connectivity index (χ3n) is 3.28. The van der Waals surface area contributed by atoms with Gasteiger partial charge in [-0.15, -0.1) is 11.3 Å². The van der Waals surface area contributed by atoms with E-state index in [9.17, 15) is 0 Å². The lowest BCUT2D eigenvalue weighted by Gasteiger charge is -2.15. The molecule has 1 atom stereocenters. The van der Waals surface area contributed by atoms with E-state index in [1.54, 1.807) is 0 Å². The van der Waals surface area contributed by atoms with E-state index in [-0.39, 0.29) is 0 Å². The van der Waals surface area contributed by atoms with Gasteiger partial charge >= 0.3 is 0 Å². The van der Waals surface area contributed by atoms with Crippen molar-refractivity contribution in [1.29, 1.82) is 0 Å². The van der Waals surface area contributed by atoms with Crippen molar-refractivity contribution in [2.24, 2.45) is 0 Å². The summed E-state index contributed by atoms with van der Waals surface area (Å²) in [5.74, 6) is 0. The van der Waals surface area contributed by atoms with Crippen LogP contribution in [-0.2, 0) is 6.42 Å². The van der Waals surface area contributed by atoms with Crippen molar-refractivity contribution in [1.82, 2.24) is 15.1 Å². The highest BCUT2D eigenvalue weighted by Gasteiger charge is 2.16. The van der Waals surface area contributed by atoms with E-state index in [0.717, 1.165) is 18.7 Å². The van der Waals surface area contributed by atoms with Crippen LogP contribution in [0.25, 0.3) is 0 Å². The molecular weight excluding hydrogens is 334 g/mol. The Bertz CT molecular complexity index is 540. The van der Waals surface area contributed by atoms with E-state index >= 15 is 0 Å². The van der Waals surface area contributed by atoms with Crippen LogP contribution < -0.4 is 5.32 Å². The molecule has 5 heteroatoms. The molecule has 0 radical (unpaired) electrons. The number of hydrogen-bond acceptors (Lipinski definition) is 3. The smallest absolute Gasteiger partial charge is 0.0731 e. The van der Waals surface area contributed by atoms with Crippen LogP contribution in [0.2, 0.25) is 0 Å². The van der Waals surface area contributed by atoms with Crippen LogP contribution in [0.1, 0.15) is 49.0 Å². The molecule has 0 amide bonds. The molecule has 0 aliphatic rings. The molecule has 0 saturated heterocycles. The van der Waals surface area contributed by atoms with E-state index in [2.05, 4.69) is 72.4 Å². The topological polar surface area (TPSA) is 29.9 Å². The van der Waals surface area contributed by atoms with Gasteiger partial charge in [-0.25, -0.2) is 0 Å². The SMILES string of the molecule is CCNC(Cc1ccn(C(C)C)n1)c1cc(C)c(Br)s1. The Morgan fingerprint density at radius 3 is 2.70 bits per heavy atom. The normalized spacial score (nSPS) is 13.1. The molecule has 0 fully saturated rings. The number of likely N-dealkylation sites (N-methyl/N-ethyl adjacent to an activating group) is 1. The largest absolute Gasteiger partial charge is 0.309 e. The summed E-state index contributed by atoms with van der Waals surface area (Å²) in [5.41, 5.74) is 2.45. The van der Waals surface area contributed by atoms with Gasteiger partial charge < -0.3 is 5.32 Å². The van der Waals surface area contributed by atoms with Crippen LogP contribution >= 0.6 is 27.3 Å². The lowest BCUT2D eigenvalue weighted by molar-refractivity contribution is 0.509. The fraction of sp³-hybridized carbons (Fsp3) is 0.533. The first kappa shape index (κ1) is 15.7. The number of aryl methyl sites for hydroxylation is 1. The molecule has 0 aliphatic heterocycles. The van der Waals surface area contributed by atoms with Gasteiger partial charge in [-0.05, 0) is 60.9 Å². The maximum atomic E-state index is 4.66. The molecule has 20 heavy (non-hydrogen) atoms. The molecular formula is C15H22BrN3S. The minimum atomic E-state index is 0.338. The van der Waals surface area contributed by atoms with Gasteiger partial charge in [0, 0.05) is 29.6 Å². The second-order valence-electron chi connectivity index (χ2n) is 5.30. The van der Waals surface area contributed by atoms with Crippen LogP contribution in [0.4, 0.5) is 0 Å². The molecule has 2 heterocycles. The zero-order chi connectivity index (χ0) is 14.7. The predicted octanol–water partition coefficient (Wildman–Crippen LogP) is 4.49. The monoisotopic (exact) mass is 355 g/mol. The molecule has 0 bridgehead atoms. The molecule has 0 aliphatic carbocycles. The molecule has 0 spiro atoms. The molecule has 2 aromatic rings. The Morgan fingerprint density at radius 1 is 1.45 bits per heavy atom. The Balaban J connectivity index is 2.16. The van der Waals surface area contributed by atoms with Crippen molar-refractivity contribution in [2.45, 2.75) is 46.2 Å². The number of halogens is 1. The van der Waals surface area contributed by atoms with Crippen LogP contribution in [0.3, 0.4) is 0 Å². The van der Waals surface area contributed by atoms with Crippen molar-refractivity contribution < 1.29 is 0 Å². The van der Waals surface area contributed by atoms with Crippen molar-refractivity contribution in [2.75, 3.05) is 6.54 Å². The van der Waals surface area contributed by atoms with Crippen molar-refractivity contribution in [3.63, 3.8) is 0 Å². The number of nitrogens with zero attached hydrogens (tertiary/aromatic N) is 2. The number of aromatic nitrogens is 2. The summed E-state index contributed by atoms with van der Waals surface area (Å²) in [6, 6.07) is 5.14. The van der Waals surface area contributed by atoms with Gasteiger partial charge in [0.2, 0.25) is 0 Å². The lowest BCUT2D eigenvalue weighted by atomic mass is 10.1. The van der Waals surface area contributed by atoms with Gasteiger partial charge in [-0.1, -0.05) is 6.92 Å². The van der Waals surface area contributed by atoms with Crippen LogP contribution in [-0.4, -0.2) is 16.3 Å². The maximum Gasteiger partial charge on any atom is 0.0731 e. The van der Waals surface area contributed by atoms with Crippen LogP contribution in [0.5, 0.6) is 0 Å². The average Bonchev–Trinajstić information content (AvgIpc) is 2.97. The van der Waals surface area contributed by atoms with E-state index in [4.69, 9.17) is 0 Å². The molecule has 2 rings (SSSR count). The Morgan fingerprint density at radius 2 is 2.20 bits per heavy atom. The molecule has 1 N–H and O–H groups in total. The van der Waals surface area contributed by atoms with E-state index < -0.39 is 0 Å². The molecule has 3 nitrogen and oxygen atoms in total. The zero-order valence-electron chi connectivity index (χ0n) is 12.5. The van der Waals surface area contributed by atoms with Crippen LogP contribution in [0.15, 0.2) is 22.1 Å². The first-order valence-electron chi connectivity index (χ1n) is 7.04. The highest BCUT2D eigenvalue weighted by atomic mass is 79.9. The Kier molecular flexibility index (Phi) is 5.41. The summed E-state index contributed by atoms with van der Waals surface area (Å²) in [7, 11) is 0. The number of thiophene rings is 1. The standard InChI is InChI=1S/C15H22BrN3S/c1-5-17-13(14-8-11(4)15(16)20-14)9-12-6-7-19(18-12)10(2)3/h6-8,10,13,17H,5,9H2,1-4H3. The number of rotatable bonds is 6. The zero-order valence-corrected chi connectivity index (χ0v) is 14.9. The van der Waals surface area contributed by atoms with Crippen LogP contribution in [0, 0.1) is 6.92 Å². The number of nitrogens with one attached hydrogen (secondary N) is 1. The van der Waals surface area contributed by atoms with E-state index in [0.29, 0.717) is 12.1 Å². The first-order chi connectivity index (χ1) is 9.51. The van der Waals surface area contributed by atoms with Gasteiger partial charge in [-0.2, -0.15) is 5.10 Å². The minimum absolute atomic E-state index is 0.338. The summed E-state index contributed by atoms with van der Waals surface area (Å²) in [5, 5.41) is 8.22. The molecule has 110 valence electrons. The third-order valence-corrected chi connectivity index (χ3v) is 5.53. The van der Waals surface area contributed by atoms with E-state index in [1.165, 1.54) is 14.2 Å². The van der Waals surface area contributed by atoms with Gasteiger partial charge in [0.05, 0.1) is 9.48 Å². The van der Waals surface area contributed by atoms with Crippen molar-refractivity contribution in [3.05, 3.63) is 38.3 Å². The third kappa shape index (κ3) is 3.71. The minimum Gasteiger partial charge on any atom is -0.309 e. The summed E-state index contributed by atoms with van der Waals surface area (Å²) >= 11 is 5.43. The second kappa shape index (κ2) is 6.87. The molecule has 2 aromatic heterocycles. The summed E-state index contributed by atoms with van der Waals surface area (Å²) in [6.45, 7) is 9.55. The highest BCUT2D eigenvalue weighted by Crippen LogP contribution is 2.32. The van der Waals surface area contributed by atoms with Gasteiger partial charge in [0.25, 0.3) is 0 Å². The first-order valence-corrected chi connectivity index (χ1v) is 8.65.